The van der Waals surface area contributed by atoms with E-state index in [-0.39, 0.29) is 12.2 Å². The Bertz CT molecular complexity index is 385. The zero-order chi connectivity index (χ0) is 14.5. The van der Waals surface area contributed by atoms with Gasteiger partial charge in [-0.25, -0.2) is 4.39 Å². The largest absolute Gasteiger partial charge is 0.390 e. The van der Waals surface area contributed by atoms with Crippen LogP contribution < -0.4 is 0 Å². The van der Waals surface area contributed by atoms with Crippen molar-refractivity contribution in [3.63, 3.8) is 0 Å². The summed E-state index contributed by atoms with van der Waals surface area (Å²) in [5, 5.41) is 10.8. The van der Waals surface area contributed by atoms with E-state index in [9.17, 15) is 9.50 Å². The molecule has 1 N–H and O–H groups in total. The molecule has 2 nitrogen and oxygen atoms in total. The molecule has 1 atom stereocenters. The molecule has 0 spiro atoms. The Labute approximate surface area is 119 Å². The van der Waals surface area contributed by atoms with Crippen molar-refractivity contribution in [3.8, 4) is 0 Å². The Morgan fingerprint density at radius 3 is 2.42 bits per heavy atom. The minimum absolute atomic E-state index is 0.160. The van der Waals surface area contributed by atoms with Crippen LogP contribution in [0.4, 0.5) is 4.39 Å². The second-order valence-corrected chi connectivity index (χ2v) is 5.03. The first-order valence-corrected chi connectivity index (χ1v) is 7.13. The second-order valence-electron chi connectivity index (χ2n) is 4.63. The fraction of sp³-hybridized carbons (Fsp3) is 0.600. The molecule has 0 aliphatic rings. The standard InChI is InChI=1S/C15H22ClFO2/c1-4-15(5-2,19-6-3)14(18)10-11-12(16)8-7-9-13(11)17/h7-9,14,18H,4-6,10H2,1-3H3. The van der Waals surface area contributed by atoms with Crippen molar-refractivity contribution in [2.24, 2.45) is 0 Å². The topological polar surface area (TPSA) is 29.5 Å². The maximum absolute atomic E-state index is 13.8. The first-order chi connectivity index (χ1) is 9.00. The Morgan fingerprint density at radius 2 is 1.95 bits per heavy atom. The fourth-order valence-corrected chi connectivity index (χ4v) is 2.66. The van der Waals surface area contributed by atoms with E-state index in [4.69, 9.17) is 16.3 Å². The molecule has 0 radical (unpaired) electrons. The molecular weight excluding hydrogens is 267 g/mol. The van der Waals surface area contributed by atoms with E-state index < -0.39 is 11.7 Å². The molecule has 0 fully saturated rings. The van der Waals surface area contributed by atoms with E-state index in [1.165, 1.54) is 6.07 Å². The van der Waals surface area contributed by atoms with Crippen LogP contribution in [-0.4, -0.2) is 23.4 Å². The monoisotopic (exact) mass is 288 g/mol. The first-order valence-electron chi connectivity index (χ1n) is 6.75. The maximum Gasteiger partial charge on any atom is 0.127 e. The summed E-state index contributed by atoms with van der Waals surface area (Å²) in [6, 6.07) is 4.55. The molecule has 19 heavy (non-hydrogen) atoms. The predicted octanol–water partition coefficient (Wildman–Crippen LogP) is 3.98. The van der Waals surface area contributed by atoms with Crippen molar-refractivity contribution in [3.05, 3.63) is 34.6 Å². The number of hydrogen-bond acceptors (Lipinski definition) is 2. The molecule has 1 unspecified atom stereocenters. The van der Waals surface area contributed by atoms with Crippen LogP contribution in [0.15, 0.2) is 18.2 Å². The highest BCUT2D eigenvalue weighted by Gasteiger charge is 2.36. The summed E-state index contributed by atoms with van der Waals surface area (Å²) >= 11 is 6.00. The van der Waals surface area contributed by atoms with E-state index in [0.29, 0.717) is 30.0 Å². The number of aliphatic hydroxyl groups is 1. The van der Waals surface area contributed by atoms with E-state index in [1.807, 2.05) is 20.8 Å². The SMILES string of the molecule is CCOC(CC)(CC)C(O)Cc1c(F)cccc1Cl. The number of ether oxygens (including phenoxy) is 1. The van der Waals surface area contributed by atoms with Gasteiger partial charge in [0.1, 0.15) is 5.82 Å². The normalized spacial score (nSPS) is 13.6. The van der Waals surface area contributed by atoms with Gasteiger partial charge in [0.05, 0.1) is 11.7 Å². The molecule has 0 aromatic heterocycles. The molecule has 1 rings (SSSR count). The molecule has 0 amide bonds. The summed E-state index contributed by atoms with van der Waals surface area (Å²) in [5.41, 5.74) is -0.289. The van der Waals surface area contributed by atoms with Gasteiger partial charge in [0.2, 0.25) is 0 Å². The Balaban J connectivity index is 2.96. The van der Waals surface area contributed by atoms with Crippen molar-refractivity contribution >= 4 is 11.6 Å². The lowest BCUT2D eigenvalue weighted by Gasteiger charge is -2.36. The minimum atomic E-state index is -0.781. The Morgan fingerprint density at radius 1 is 1.32 bits per heavy atom. The molecule has 0 saturated carbocycles. The van der Waals surface area contributed by atoms with E-state index >= 15 is 0 Å². The highest BCUT2D eigenvalue weighted by molar-refractivity contribution is 6.31. The minimum Gasteiger partial charge on any atom is -0.390 e. The van der Waals surface area contributed by atoms with Crippen molar-refractivity contribution in [2.75, 3.05) is 6.61 Å². The van der Waals surface area contributed by atoms with Gasteiger partial charge in [-0.1, -0.05) is 31.5 Å². The molecule has 4 heteroatoms. The van der Waals surface area contributed by atoms with Gasteiger partial charge in [-0.05, 0) is 31.9 Å². The molecule has 0 saturated heterocycles. The molecule has 108 valence electrons. The van der Waals surface area contributed by atoms with Gasteiger partial charge < -0.3 is 9.84 Å². The molecule has 0 bridgehead atoms. The third kappa shape index (κ3) is 3.68. The van der Waals surface area contributed by atoms with Gasteiger partial charge in [0.25, 0.3) is 0 Å². The Hall–Kier alpha value is -0.640. The van der Waals surface area contributed by atoms with Crippen LogP contribution in [0.3, 0.4) is 0 Å². The van der Waals surface area contributed by atoms with Crippen LogP contribution in [0.25, 0.3) is 0 Å². The molecule has 0 aliphatic carbocycles. The average Bonchev–Trinajstić information content (AvgIpc) is 2.40. The van der Waals surface area contributed by atoms with Crippen LogP contribution in [0.2, 0.25) is 5.02 Å². The maximum atomic E-state index is 13.8. The van der Waals surface area contributed by atoms with Gasteiger partial charge in [-0.2, -0.15) is 0 Å². The number of halogens is 2. The van der Waals surface area contributed by atoms with Gasteiger partial charge >= 0.3 is 0 Å². The summed E-state index contributed by atoms with van der Waals surface area (Å²) in [5.74, 6) is -0.385. The summed E-state index contributed by atoms with van der Waals surface area (Å²) in [6.07, 6.45) is 0.722. The van der Waals surface area contributed by atoms with Crippen molar-refractivity contribution < 1.29 is 14.2 Å². The van der Waals surface area contributed by atoms with Crippen LogP contribution in [0.1, 0.15) is 39.2 Å². The zero-order valence-electron chi connectivity index (χ0n) is 11.7. The van der Waals surface area contributed by atoms with Crippen LogP contribution in [0, 0.1) is 5.82 Å². The molecule has 0 aliphatic heterocycles. The third-order valence-corrected chi connectivity index (χ3v) is 4.05. The smallest absolute Gasteiger partial charge is 0.127 e. The van der Waals surface area contributed by atoms with E-state index in [0.717, 1.165) is 0 Å². The highest BCUT2D eigenvalue weighted by atomic mass is 35.5. The predicted molar refractivity (Wildman–Crippen MR) is 76.1 cm³/mol. The summed E-state index contributed by atoms with van der Waals surface area (Å²) in [4.78, 5) is 0. The molecule has 1 aromatic carbocycles. The summed E-state index contributed by atoms with van der Waals surface area (Å²) in [7, 11) is 0. The zero-order valence-corrected chi connectivity index (χ0v) is 12.5. The van der Waals surface area contributed by atoms with Gasteiger partial charge in [-0.15, -0.1) is 0 Å². The molecule has 1 aromatic rings. The lowest BCUT2D eigenvalue weighted by atomic mass is 9.86. The quantitative estimate of drug-likeness (QED) is 0.822. The average molecular weight is 289 g/mol. The summed E-state index contributed by atoms with van der Waals surface area (Å²) < 4.78 is 19.5. The van der Waals surface area contributed by atoms with Gasteiger partial charge in [-0.3, -0.25) is 0 Å². The highest BCUT2D eigenvalue weighted by Crippen LogP contribution is 2.30. The second kappa shape index (κ2) is 7.22. The van der Waals surface area contributed by atoms with E-state index in [1.54, 1.807) is 12.1 Å². The van der Waals surface area contributed by atoms with Gasteiger partial charge in [0, 0.05) is 23.6 Å². The van der Waals surface area contributed by atoms with Crippen LogP contribution in [-0.2, 0) is 11.2 Å². The number of aliphatic hydroxyl groups excluding tert-OH is 1. The summed E-state index contributed by atoms with van der Waals surface area (Å²) in [6.45, 7) is 6.34. The lowest BCUT2D eigenvalue weighted by molar-refractivity contribution is -0.124. The van der Waals surface area contributed by atoms with Crippen LogP contribution >= 0.6 is 11.6 Å². The number of benzene rings is 1. The molecular formula is C15H22ClFO2. The van der Waals surface area contributed by atoms with Gasteiger partial charge in [0.15, 0.2) is 0 Å². The molecule has 0 heterocycles. The van der Waals surface area contributed by atoms with E-state index in [2.05, 4.69) is 0 Å². The first kappa shape index (κ1) is 16.4. The van der Waals surface area contributed by atoms with Crippen molar-refractivity contribution in [1.82, 2.24) is 0 Å². The number of hydrogen-bond donors (Lipinski definition) is 1. The van der Waals surface area contributed by atoms with Crippen molar-refractivity contribution in [2.45, 2.75) is 51.7 Å². The third-order valence-electron chi connectivity index (χ3n) is 3.70. The number of rotatable bonds is 7. The van der Waals surface area contributed by atoms with Crippen LogP contribution in [0.5, 0.6) is 0 Å². The Kier molecular flexibility index (Phi) is 6.24. The lowest BCUT2D eigenvalue weighted by Crippen LogP contribution is -2.45. The van der Waals surface area contributed by atoms with Crippen molar-refractivity contribution in [1.29, 1.82) is 0 Å². The fourth-order valence-electron chi connectivity index (χ4n) is 2.42.